The average Bonchev–Trinajstić information content (AvgIpc) is 4.45. The van der Waals surface area contributed by atoms with Gasteiger partial charge in [-0.3, -0.25) is 14.4 Å². The number of thiophene rings is 1. The van der Waals surface area contributed by atoms with E-state index in [1.165, 1.54) is 51.1 Å². The number of aldehydes is 5. The summed E-state index contributed by atoms with van der Waals surface area (Å²) in [5, 5.41) is 23.6. The van der Waals surface area contributed by atoms with Crippen molar-refractivity contribution in [1.82, 2.24) is 14.3 Å². The van der Waals surface area contributed by atoms with Gasteiger partial charge in [0.05, 0.1) is 10.9 Å². The molecule has 416 valence electrons. The van der Waals surface area contributed by atoms with E-state index < -0.39 is 6.04 Å². The molecule has 0 radical (unpaired) electrons. The summed E-state index contributed by atoms with van der Waals surface area (Å²) < 4.78 is 19.1. The Morgan fingerprint density at radius 1 is 0.870 bits per heavy atom. The Morgan fingerprint density at radius 3 is 2.10 bits per heavy atom. The van der Waals surface area contributed by atoms with E-state index in [0.29, 0.717) is 58.7 Å². The second kappa shape index (κ2) is 29.9. The summed E-state index contributed by atoms with van der Waals surface area (Å²) in [6.07, 6.45) is 12.8. The molecule has 1 aromatic heterocycles. The number of hydrogen-bond donors (Lipinski definition) is 4. The van der Waals surface area contributed by atoms with Crippen LogP contribution in [0.4, 0.5) is 26.3 Å². The zero-order chi connectivity index (χ0) is 56.3. The normalized spacial score (nSPS) is 17.1. The molecule has 4 aliphatic rings. The fourth-order valence-electron chi connectivity index (χ4n) is 10.5. The molecule has 4 aromatic carbocycles. The SMILES string of the molecule is CC.CN(C)F.CN(c1ccc(C2CCN(C(=O)Nc3cccc(CSN4C5(CC5)CC(Nc5cccc(-c6sc(C=O)c(OCC=O)c6Cl)c5)CC45CC5)c3)CC2)c2cccc(C=O)c12)C(C=O)CCC=O.CO.CO. The highest BCUT2D eigenvalue weighted by molar-refractivity contribution is 7.96. The molecule has 9 rings (SSSR count). The van der Waals surface area contributed by atoms with Crippen molar-refractivity contribution in [3.05, 3.63) is 105 Å². The quantitative estimate of drug-likeness (QED) is 0.0347. The number of likely N-dealkylation sites (tertiary alicyclic amines) is 1. The van der Waals surface area contributed by atoms with Gasteiger partial charge in [0.1, 0.15) is 29.1 Å². The number of nitrogens with zero attached hydrogens (tertiary/aromatic N) is 4. The van der Waals surface area contributed by atoms with Crippen molar-refractivity contribution in [2.75, 3.05) is 70.6 Å². The van der Waals surface area contributed by atoms with Crippen molar-refractivity contribution >= 4 is 100 Å². The number of ether oxygens (including phenoxy) is 1. The van der Waals surface area contributed by atoms with Crippen LogP contribution in [0.2, 0.25) is 5.02 Å². The molecule has 4 N–H and O–H groups in total. The van der Waals surface area contributed by atoms with Gasteiger partial charge in [0.15, 0.2) is 24.6 Å². The Kier molecular flexibility index (Phi) is 24.1. The third kappa shape index (κ3) is 15.3. The highest BCUT2D eigenvalue weighted by Crippen LogP contribution is 2.64. The summed E-state index contributed by atoms with van der Waals surface area (Å²) >= 11 is 9.87. The van der Waals surface area contributed by atoms with Crippen LogP contribution in [0.15, 0.2) is 78.9 Å². The highest BCUT2D eigenvalue weighted by atomic mass is 35.5. The molecule has 15 nitrogen and oxygen atoms in total. The molecule has 1 atom stereocenters. The van der Waals surface area contributed by atoms with Crippen molar-refractivity contribution in [3.63, 3.8) is 0 Å². The van der Waals surface area contributed by atoms with Gasteiger partial charge in [0.2, 0.25) is 0 Å². The smallest absolute Gasteiger partial charge is 0.321 e. The number of carbonyl (C=O) groups is 6. The highest BCUT2D eigenvalue weighted by Gasteiger charge is 2.64. The number of anilines is 3. The van der Waals surface area contributed by atoms with Gasteiger partial charge in [-0.1, -0.05) is 85.9 Å². The molecule has 0 bridgehead atoms. The number of urea groups is 1. The molecule has 77 heavy (non-hydrogen) atoms. The summed E-state index contributed by atoms with van der Waals surface area (Å²) in [5.41, 5.74) is 6.56. The number of carbonyl (C=O) groups excluding carboxylic acids is 6. The molecule has 2 saturated carbocycles. The lowest BCUT2D eigenvalue weighted by molar-refractivity contribution is -0.110. The second-order valence-electron chi connectivity index (χ2n) is 19.2. The van der Waals surface area contributed by atoms with Crippen LogP contribution in [-0.4, -0.2) is 140 Å². The maximum absolute atomic E-state index is 13.7. The van der Waals surface area contributed by atoms with Crippen molar-refractivity contribution in [2.45, 2.75) is 113 Å². The number of benzene rings is 4. The standard InChI is InChI=1S/C52H54ClN5O7S2.C2H6FN.C2H6.2CH4O/c1-56(41(31-62)11-5-23-59)44-14-13-42(43-12-4-8-37(30-61)46(43)44)35-15-21-57(22-16-35)50(64)55-38-9-2-6-34(26-38)33-66-58-51(17-18-51)28-40(29-52(58)19-20-52)54-39-10-3-7-36(27-39)49-47(53)48(65-25-24-60)45(32-63)67-49;1-4(2)3;3*1-2/h2-4,6-10,12-14,23-24,26-27,30-32,35,40-41,54H,5,11,15-22,25,28-29,33H2,1H3,(H,55,64);1-2H3;1-2H3;2*2H,1H3. The number of halogens is 2. The lowest BCUT2D eigenvalue weighted by atomic mass is 9.85. The van der Waals surface area contributed by atoms with Gasteiger partial charge in [-0.2, -0.15) is 5.12 Å². The number of fused-ring (bicyclic) bond motifs is 1. The van der Waals surface area contributed by atoms with Crippen LogP contribution >= 0.6 is 34.9 Å². The lowest BCUT2D eigenvalue weighted by Gasteiger charge is -2.46. The Balaban J connectivity index is 0.00000102. The van der Waals surface area contributed by atoms with Crippen molar-refractivity contribution < 1.29 is 48.2 Å². The summed E-state index contributed by atoms with van der Waals surface area (Å²) in [4.78, 5) is 76.6. The predicted molar refractivity (Wildman–Crippen MR) is 310 cm³/mol. The first kappa shape index (κ1) is 62.1. The summed E-state index contributed by atoms with van der Waals surface area (Å²) in [6.45, 7) is 5.01. The van der Waals surface area contributed by atoms with E-state index in [0.717, 1.165) is 114 Å². The fourth-order valence-corrected chi connectivity index (χ4v) is 13.4. The zero-order valence-corrected chi connectivity index (χ0v) is 47.5. The van der Waals surface area contributed by atoms with E-state index in [2.05, 4.69) is 45.3 Å². The molecule has 3 heterocycles. The van der Waals surface area contributed by atoms with Crippen molar-refractivity contribution in [2.24, 2.45) is 0 Å². The Bertz CT molecular complexity index is 2740. The number of rotatable bonds is 19. The van der Waals surface area contributed by atoms with Gasteiger partial charge in [-0.05, 0) is 116 Å². The minimum absolute atomic E-state index is 0.116. The fraction of sp³-hybridized carbons (Fsp3) is 0.448. The summed E-state index contributed by atoms with van der Waals surface area (Å²) in [6, 6.07) is 25.8. The van der Waals surface area contributed by atoms with Crippen molar-refractivity contribution in [1.29, 1.82) is 0 Å². The van der Waals surface area contributed by atoms with Crippen LogP contribution in [0.1, 0.15) is 115 Å². The molecule has 2 spiro atoms. The van der Waals surface area contributed by atoms with Crippen LogP contribution in [0.5, 0.6) is 5.75 Å². The number of likely N-dealkylation sites (N-methyl/N-ethyl adjacent to an activating group) is 1. The third-order valence-corrected chi connectivity index (χ3v) is 17.2. The van der Waals surface area contributed by atoms with E-state index >= 15 is 0 Å². The zero-order valence-electron chi connectivity index (χ0n) is 45.1. The van der Waals surface area contributed by atoms with Crippen LogP contribution < -0.4 is 20.3 Å². The van der Waals surface area contributed by atoms with Crippen LogP contribution in [0, 0.1) is 0 Å². The Morgan fingerprint density at radius 2 is 1.51 bits per heavy atom. The van der Waals surface area contributed by atoms with E-state index in [9.17, 15) is 33.2 Å². The third-order valence-electron chi connectivity index (χ3n) is 14.1. The number of amides is 2. The van der Waals surface area contributed by atoms with Crippen LogP contribution in [0.3, 0.4) is 0 Å². The minimum atomic E-state index is -0.498. The van der Waals surface area contributed by atoms with Gasteiger partial charge < -0.3 is 45.0 Å². The maximum atomic E-state index is 13.7. The number of aliphatic hydroxyl groups is 2. The van der Waals surface area contributed by atoms with Crippen molar-refractivity contribution in [3.8, 4) is 16.2 Å². The Hall–Kier alpha value is -5.73. The molecule has 2 saturated heterocycles. The maximum Gasteiger partial charge on any atom is 0.321 e. The predicted octanol–water partition coefficient (Wildman–Crippen LogP) is 11.3. The lowest BCUT2D eigenvalue weighted by Crippen LogP contribution is -2.52. The van der Waals surface area contributed by atoms with E-state index in [-0.39, 0.29) is 41.8 Å². The first-order valence-corrected chi connectivity index (χ1v) is 28.1. The van der Waals surface area contributed by atoms with Gasteiger partial charge >= 0.3 is 6.03 Å². The summed E-state index contributed by atoms with van der Waals surface area (Å²) in [7, 11) is 6.49. The number of nitrogens with one attached hydrogen (secondary N) is 2. The molecule has 19 heteroatoms. The monoisotopic (exact) mass is 1120 g/mol. The number of piperidine rings is 2. The Labute approximate surface area is 465 Å². The van der Waals surface area contributed by atoms with Gasteiger partial charge in [0.25, 0.3) is 0 Å². The number of hydrogen-bond acceptors (Lipinski definition) is 15. The van der Waals surface area contributed by atoms with Gasteiger partial charge in [-0.15, -0.1) is 15.8 Å². The number of aliphatic hydroxyl groups excluding tert-OH is 2. The molecule has 2 aliphatic heterocycles. The molecule has 2 amide bonds. The first-order chi connectivity index (χ1) is 37.4. The molecular weight excluding hydrogens is 1040 g/mol. The molecule has 5 aromatic rings. The minimum Gasteiger partial charge on any atom is -0.483 e. The van der Waals surface area contributed by atoms with Crippen LogP contribution in [-0.2, 0) is 20.1 Å². The topological polar surface area (TPSA) is 189 Å². The molecule has 1 unspecified atom stereocenters. The van der Waals surface area contributed by atoms with E-state index in [4.69, 9.17) is 26.6 Å². The molecular formula is C58H74ClFN6O9S2. The average molecular weight is 1120 g/mol. The van der Waals surface area contributed by atoms with E-state index in [1.807, 2.05) is 85.1 Å². The van der Waals surface area contributed by atoms with Gasteiger partial charge in [0, 0.05) is 106 Å². The van der Waals surface area contributed by atoms with Crippen LogP contribution in [0.25, 0.3) is 21.2 Å². The first-order valence-electron chi connectivity index (χ1n) is 26.0. The van der Waals surface area contributed by atoms with E-state index in [1.54, 1.807) is 6.07 Å². The molecule has 4 fully saturated rings. The molecule has 2 aliphatic carbocycles. The summed E-state index contributed by atoms with van der Waals surface area (Å²) in [5.74, 6) is 1.24. The second-order valence-corrected chi connectivity index (χ2v) is 21.5. The van der Waals surface area contributed by atoms with Gasteiger partial charge in [-0.25, -0.2) is 9.10 Å². The largest absolute Gasteiger partial charge is 0.483 e.